The van der Waals surface area contributed by atoms with Crippen LogP contribution in [-0.2, 0) is 20.1 Å². The Labute approximate surface area is 363 Å². The van der Waals surface area contributed by atoms with Gasteiger partial charge >= 0.3 is 0 Å². The summed E-state index contributed by atoms with van der Waals surface area (Å²) < 4.78 is 8.21. The van der Waals surface area contributed by atoms with Crippen molar-refractivity contribution >= 4 is 46.4 Å². The number of aromatic nitrogens is 4. The smallest absolute Gasteiger partial charge is 0.216 e. The summed E-state index contributed by atoms with van der Waals surface area (Å²) in [5.74, 6) is 1.66. The second kappa shape index (κ2) is 17.0. The van der Waals surface area contributed by atoms with Gasteiger partial charge in [-0.1, -0.05) is 114 Å². The second-order valence-electron chi connectivity index (χ2n) is 16.9. The van der Waals surface area contributed by atoms with Crippen molar-refractivity contribution in [2.45, 2.75) is 73.0 Å². The molecule has 0 saturated carbocycles. The Bertz CT molecular complexity index is 2870. The van der Waals surface area contributed by atoms with Crippen LogP contribution in [0.1, 0.15) is 61.9 Å². The number of benzene rings is 5. The van der Waals surface area contributed by atoms with Crippen LogP contribution in [0.25, 0.3) is 72.6 Å². The molecular weight excluding hydrogens is 917 g/mol. The normalized spacial score (nSPS) is 11.6. The molecular formula is C52H50IrN4OSi-2. The zero-order chi connectivity index (χ0) is 40.7. The SMILES string of the molecule is Cc1ccc2c(n1)oc1c[c-]c(-c3ccc([Si](C)(C)C)cn3)cc12.Cc1ccc[c-]c1-c1nc2ccccc2n1-c1c(C(C)C)cc(-c2ccccc2)cc1C(C)C.[Ir]. The van der Waals surface area contributed by atoms with Crippen molar-refractivity contribution < 1.29 is 24.5 Å². The molecule has 0 saturated heterocycles. The third-order valence-electron chi connectivity index (χ3n) is 10.9. The maximum absolute atomic E-state index is 5.83. The third-order valence-corrected chi connectivity index (χ3v) is 12.9. The van der Waals surface area contributed by atoms with E-state index in [0.29, 0.717) is 17.5 Å². The molecule has 0 amide bonds. The van der Waals surface area contributed by atoms with Crippen LogP contribution in [0.3, 0.4) is 0 Å². The topological polar surface area (TPSA) is 56.7 Å². The van der Waals surface area contributed by atoms with E-state index in [-0.39, 0.29) is 20.1 Å². The molecule has 0 bridgehead atoms. The van der Waals surface area contributed by atoms with Crippen LogP contribution in [0.2, 0.25) is 19.6 Å². The van der Waals surface area contributed by atoms with Crippen molar-refractivity contribution in [2.24, 2.45) is 0 Å². The third kappa shape index (κ3) is 8.38. The van der Waals surface area contributed by atoms with E-state index in [1.54, 1.807) is 0 Å². The quantitative estimate of drug-likeness (QED) is 0.118. The molecule has 5 aromatic carbocycles. The van der Waals surface area contributed by atoms with Gasteiger partial charge in [0.2, 0.25) is 5.71 Å². The Kier molecular flexibility index (Phi) is 12.0. The van der Waals surface area contributed by atoms with E-state index in [1.807, 2.05) is 37.4 Å². The predicted octanol–water partition coefficient (Wildman–Crippen LogP) is 13.4. The molecule has 7 heteroatoms. The van der Waals surface area contributed by atoms with Crippen molar-refractivity contribution in [3.63, 3.8) is 0 Å². The zero-order valence-corrected chi connectivity index (χ0v) is 38.7. The Morgan fingerprint density at radius 3 is 2.07 bits per heavy atom. The zero-order valence-electron chi connectivity index (χ0n) is 35.3. The molecule has 5 nitrogen and oxygen atoms in total. The number of aryl methyl sites for hydroxylation is 2. The number of rotatable bonds is 7. The van der Waals surface area contributed by atoms with E-state index in [2.05, 4.69) is 178 Å². The molecule has 0 N–H and O–H groups in total. The van der Waals surface area contributed by atoms with Crippen molar-refractivity contribution in [1.29, 1.82) is 0 Å². The van der Waals surface area contributed by atoms with Crippen LogP contribution >= 0.6 is 0 Å². The molecule has 4 heterocycles. The first-order chi connectivity index (χ1) is 27.9. The summed E-state index contributed by atoms with van der Waals surface area (Å²) in [6.45, 7) is 20.2. The van der Waals surface area contributed by atoms with E-state index in [0.717, 1.165) is 55.7 Å². The molecule has 0 unspecified atom stereocenters. The fourth-order valence-electron chi connectivity index (χ4n) is 7.64. The van der Waals surface area contributed by atoms with Gasteiger partial charge < -0.3 is 14.0 Å². The molecule has 0 aliphatic rings. The first-order valence-corrected chi connectivity index (χ1v) is 23.7. The molecule has 4 aromatic heterocycles. The number of hydrogen-bond donors (Lipinski definition) is 0. The van der Waals surface area contributed by atoms with Gasteiger partial charge in [-0.25, -0.2) is 4.98 Å². The van der Waals surface area contributed by atoms with Crippen LogP contribution in [0, 0.1) is 26.0 Å². The molecule has 299 valence electrons. The molecule has 0 aliphatic heterocycles. The van der Waals surface area contributed by atoms with E-state index >= 15 is 0 Å². The summed E-state index contributed by atoms with van der Waals surface area (Å²) in [5, 5.41) is 3.45. The van der Waals surface area contributed by atoms with Crippen molar-refractivity contribution in [3.05, 3.63) is 162 Å². The first kappa shape index (κ1) is 41.7. The van der Waals surface area contributed by atoms with Gasteiger partial charge in [-0.3, -0.25) is 4.98 Å². The molecule has 0 atom stereocenters. The predicted molar refractivity (Wildman–Crippen MR) is 245 cm³/mol. The van der Waals surface area contributed by atoms with Crippen LogP contribution in [0.5, 0.6) is 0 Å². The number of fused-ring (bicyclic) bond motifs is 4. The van der Waals surface area contributed by atoms with E-state index in [1.165, 1.54) is 38.7 Å². The minimum Gasteiger partial charge on any atom is -0.486 e. The average Bonchev–Trinajstić information content (AvgIpc) is 3.78. The van der Waals surface area contributed by atoms with Gasteiger partial charge in [0, 0.05) is 43.1 Å². The van der Waals surface area contributed by atoms with E-state index in [9.17, 15) is 0 Å². The van der Waals surface area contributed by atoms with Gasteiger partial charge in [0.1, 0.15) is 0 Å². The maximum atomic E-state index is 5.83. The monoisotopic (exact) mass is 967 g/mol. The van der Waals surface area contributed by atoms with Gasteiger partial charge in [0.25, 0.3) is 0 Å². The number of para-hydroxylation sites is 2. The number of nitrogens with zero attached hydrogens (tertiary/aromatic N) is 4. The average molecular weight is 967 g/mol. The van der Waals surface area contributed by atoms with Crippen LogP contribution in [-0.4, -0.2) is 27.6 Å². The van der Waals surface area contributed by atoms with Crippen molar-refractivity contribution in [2.75, 3.05) is 0 Å². The van der Waals surface area contributed by atoms with Crippen molar-refractivity contribution in [3.8, 4) is 39.5 Å². The minimum atomic E-state index is -1.33. The second-order valence-corrected chi connectivity index (χ2v) is 22.0. The Morgan fingerprint density at radius 2 is 1.41 bits per heavy atom. The molecule has 9 aromatic rings. The van der Waals surface area contributed by atoms with Gasteiger partial charge in [0.15, 0.2) is 0 Å². The van der Waals surface area contributed by atoms with Crippen LogP contribution in [0.4, 0.5) is 0 Å². The number of pyridine rings is 2. The summed E-state index contributed by atoms with van der Waals surface area (Å²) in [7, 11) is -1.33. The van der Waals surface area contributed by atoms with Crippen LogP contribution < -0.4 is 5.19 Å². The van der Waals surface area contributed by atoms with Crippen LogP contribution in [0.15, 0.2) is 132 Å². The summed E-state index contributed by atoms with van der Waals surface area (Å²) in [4.78, 5) is 14.3. The first-order valence-electron chi connectivity index (χ1n) is 20.2. The maximum Gasteiger partial charge on any atom is 0.216 e. The van der Waals surface area contributed by atoms with Crippen molar-refractivity contribution in [1.82, 2.24) is 19.5 Å². The van der Waals surface area contributed by atoms with Gasteiger partial charge in [-0.15, -0.1) is 59.2 Å². The molecule has 0 aliphatic carbocycles. The number of furan rings is 1. The van der Waals surface area contributed by atoms with Gasteiger partial charge in [-0.2, -0.15) is 0 Å². The molecule has 0 spiro atoms. The number of imidazole rings is 1. The minimum absolute atomic E-state index is 0. The summed E-state index contributed by atoms with van der Waals surface area (Å²) in [5.41, 5.74) is 15.2. The summed E-state index contributed by atoms with van der Waals surface area (Å²) >= 11 is 0. The Morgan fingerprint density at radius 1 is 0.695 bits per heavy atom. The standard InChI is InChI=1S/C32H31N2.C20H19N2OSi.Ir/c1-21(2)27-19-25(24-14-7-6-8-15-24)20-28(22(3)4)31(27)34-30-18-12-11-17-29(30)33-32(34)26-16-10-9-13-23(26)5;1-13-5-8-16-17-11-14(6-10-19(17)23-20(16)22-13)18-9-7-15(12-21-18)24(2,3)4;/h6-15,17-22H,1-5H3;5,7-12H,1-4H3;/q2*-1;. The molecule has 9 rings (SSSR count). The summed E-state index contributed by atoms with van der Waals surface area (Å²) in [6.07, 6.45) is 2.01. The summed E-state index contributed by atoms with van der Waals surface area (Å²) in [6, 6.07) is 49.2. The molecule has 59 heavy (non-hydrogen) atoms. The molecule has 1 radical (unpaired) electrons. The Balaban J connectivity index is 0.000000186. The molecule has 0 fully saturated rings. The van der Waals surface area contributed by atoms with E-state index in [4.69, 9.17) is 9.40 Å². The Hall–Kier alpha value is -5.46. The number of hydrogen-bond acceptors (Lipinski definition) is 4. The van der Waals surface area contributed by atoms with Gasteiger partial charge in [-0.05, 0) is 88.3 Å². The van der Waals surface area contributed by atoms with Gasteiger partial charge in [0.05, 0.1) is 30.5 Å². The fraction of sp³-hybridized carbons (Fsp3) is 0.212. The van der Waals surface area contributed by atoms with E-state index < -0.39 is 8.07 Å². The fourth-order valence-corrected chi connectivity index (χ4v) is 8.67. The largest absolute Gasteiger partial charge is 0.486 e.